The van der Waals surface area contributed by atoms with Gasteiger partial charge in [0.15, 0.2) is 0 Å². The zero-order valence-electron chi connectivity index (χ0n) is 10.1. The molecule has 0 aromatic rings. The molecular formula is C13H24N2O. The number of fused-ring (bicyclic) bond motifs is 1. The van der Waals surface area contributed by atoms with Gasteiger partial charge in [0.1, 0.15) is 0 Å². The molecular weight excluding hydrogens is 200 g/mol. The van der Waals surface area contributed by atoms with Gasteiger partial charge in [0, 0.05) is 38.2 Å². The first-order valence-electron chi connectivity index (χ1n) is 6.88. The van der Waals surface area contributed by atoms with Gasteiger partial charge in [0.05, 0.1) is 6.61 Å². The predicted molar refractivity (Wildman–Crippen MR) is 64.2 cm³/mol. The summed E-state index contributed by atoms with van der Waals surface area (Å²) in [5.41, 5.74) is 6.17. The fraction of sp³-hybridized carbons (Fsp3) is 1.00. The largest absolute Gasteiger partial charge is 0.381 e. The van der Waals surface area contributed by atoms with E-state index in [2.05, 4.69) is 4.90 Å². The molecule has 92 valence electrons. The molecule has 3 heteroatoms. The van der Waals surface area contributed by atoms with Crippen molar-refractivity contribution in [3.63, 3.8) is 0 Å². The molecule has 0 spiro atoms. The Morgan fingerprint density at radius 3 is 2.56 bits per heavy atom. The van der Waals surface area contributed by atoms with Crippen LogP contribution in [0.2, 0.25) is 0 Å². The van der Waals surface area contributed by atoms with Crippen LogP contribution in [0.25, 0.3) is 0 Å². The van der Waals surface area contributed by atoms with E-state index in [9.17, 15) is 0 Å². The van der Waals surface area contributed by atoms with Crippen LogP contribution in [0.3, 0.4) is 0 Å². The lowest BCUT2D eigenvalue weighted by Gasteiger charge is -2.32. The van der Waals surface area contributed by atoms with E-state index in [1.165, 1.54) is 38.9 Å². The molecule has 0 aromatic carbocycles. The molecule has 3 nitrogen and oxygen atoms in total. The standard InChI is InChI=1S/C13H24N2O/c14-13-4-5-16-9-12(13)8-15-6-10-2-1-3-11(10)7-15/h10-13H,1-9,14H2. The van der Waals surface area contributed by atoms with Gasteiger partial charge in [-0.1, -0.05) is 6.42 Å². The number of rotatable bonds is 2. The van der Waals surface area contributed by atoms with Crippen molar-refractivity contribution in [3.05, 3.63) is 0 Å². The lowest BCUT2D eigenvalue weighted by molar-refractivity contribution is 0.0282. The Bertz CT molecular complexity index is 234. The van der Waals surface area contributed by atoms with Crippen LogP contribution in [0.4, 0.5) is 0 Å². The molecule has 1 aliphatic carbocycles. The van der Waals surface area contributed by atoms with Gasteiger partial charge in [0.2, 0.25) is 0 Å². The smallest absolute Gasteiger partial charge is 0.0521 e. The van der Waals surface area contributed by atoms with Crippen molar-refractivity contribution >= 4 is 0 Å². The molecule has 2 saturated heterocycles. The SMILES string of the molecule is NC1CCOCC1CN1CC2CCCC2C1. The summed E-state index contributed by atoms with van der Waals surface area (Å²) >= 11 is 0. The van der Waals surface area contributed by atoms with E-state index in [4.69, 9.17) is 10.5 Å². The van der Waals surface area contributed by atoms with E-state index in [1.54, 1.807) is 0 Å². The van der Waals surface area contributed by atoms with Crippen molar-refractivity contribution in [2.45, 2.75) is 31.7 Å². The summed E-state index contributed by atoms with van der Waals surface area (Å²) < 4.78 is 5.55. The first-order valence-corrected chi connectivity index (χ1v) is 6.88. The lowest BCUT2D eigenvalue weighted by atomic mass is 9.96. The Morgan fingerprint density at radius 1 is 1.12 bits per heavy atom. The highest BCUT2D eigenvalue weighted by Gasteiger charge is 2.37. The van der Waals surface area contributed by atoms with E-state index in [0.717, 1.165) is 31.5 Å². The highest BCUT2D eigenvalue weighted by molar-refractivity contribution is 4.90. The Balaban J connectivity index is 1.51. The molecule has 2 N–H and O–H groups in total. The van der Waals surface area contributed by atoms with Crippen LogP contribution in [-0.4, -0.2) is 43.8 Å². The molecule has 3 rings (SSSR count). The minimum atomic E-state index is 0.370. The van der Waals surface area contributed by atoms with Gasteiger partial charge < -0.3 is 15.4 Å². The van der Waals surface area contributed by atoms with Crippen molar-refractivity contribution in [2.24, 2.45) is 23.5 Å². The van der Waals surface area contributed by atoms with Crippen LogP contribution in [-0.2, 0) is 4.74 Å². The molecule has 16 heavy (non-hydrogen) atoms. The summed E-state index contributed by atoms with van der Waals surface area (Å²) in [4.78, 5) is 2.65. The normalized spacial score (nSPS) is 44.8. The summed E-state index contributed by atoms with van der Waals surface area (Å²) in [5.74, 6) is 2.58. The molecule has 2 aliphatic heterocycles. The van der Waals surface area contributed by atoms with Gasteiger partial charge in [-0.25, -0.2) is 0 Å². The van der Waals surface area contributed by atoms with Gasteiger partial charge >= 0.3 is 0 Å². The minimum Gasteiger partial charge on any atom is -0.381 e. The number of nitrogens with zero attached hydrogens (tertiary/aromatic N) is 1. The van der Waals surface area contributed by atoms with E-state index in [-0.39, 0.29) is 0 Å². The number of hydrogen-bond donors (Lipinski definition) is 1. The van der Waals surface area contributed by atoms with Gasteiger partial charge in [0.25, 0.3) is 0 Å². The fourth-order valence-corrected chi connectivity index (χ4v) is 3.81. The van der Waals surface area contributed by atoms with Crippen LogP contribution in [0.1, 0.15) is 25.7 Å². The summed E-state index contributed by atoms with van der Waals surface area (Å²) in [6.07, 6.45) is 5.45. The number of hydrogen-bond acceptors (Lipinski definition) is 3. The Labute approximate surface area is 98.3 Å². The third-order valence-corrected chi connectivity index (χ3v) is 4.83. The third kappa shape index (κ3) is 2.13. The van der Waals surface area contributed by atoms with Crippen LogP contribution in [0, 0.1) is 17.8 Å². The highest BCUT2D eigenvalue weighted by atomic mass is 16.5. The maximum absolute atomic E-state index is 6.17. The maximum atomic E-state index is 6.17. The van der Waals surface area contributed by atoms with Gasteiger partial charge in [-0.2, -0.15) is 0 Å². The van der Waals surface area contributed by atoms with Crippen LogP contribution in [0.5, 0.6) is 0 Å². The Morgan fingerprint density at radius 2 is 1.88 bits per heavy atom. The second-order valence-corrected chi connectivity index (χ2v) is 5.96. The van der Waals surface area contributed by atoms with Crippen molar-refractivity contribution in [2.75, 3.05) is 32.8 Å². The quantitative estimate of drug-likeness (QED) is 0.763. The molecule has 4 atom stereocenters. The molecule has 0 radical (unpaired) electrons. The second kappa shape index (κ2) is 4.63. The molecule has 0 bridgehead atoms. The van der Waals surface area contributed by atoms with Crippen molar-refractivity contribution < 1.29 is 4.74 Å². The van der Waals surface area contributed by atoms with Gasteiger partial charge in [-0.3, -0.25) is 0 Å². The van der Waals surface area contributed by atoms with Crippen LogP contribution >= 0.6 is 0 Å². The molecule has 2 heterocycles. The Kier molecular flexibility index (Phi) is 3.18. The zero-order chi connectivity index (χ0) is 11.0. The van der Waals surface area contributed by atoms with Gasteiger partial charge in [-0.05, 0) is 31.1 Å². The molecule has 0 aromatic heterocycles. The predicted octanol–water partition coefficient (Wildman–Crippen LogP) is 1.08. The molecule has 4 unspecified atom stereocenters. The minimum absolute atomic E-state index is 0.370. The Hall–Kier alpha value is -0.120. The van der Waals surface area contributed by atoms with E-state index in [0.29, 0.717) is 12.0 Å². The van der Waals surface area contributed by atoms with Crippen LogP contribution in [0.15, 0.2) is 0 Å². The number of likely N-dealkylation sites (tertiary alicyclic amines) is 1. The monoisotopic (exact) mass is 224 g/mol. The summed E-state index contributed by atoms with van der Waals surface area (Å²) in [6, 6.07) is 0.370. The first kappa shape index (κ1) is 11.0. The first-order chi connectivity index (χ1) is 7.83. The summed E-state index contributed by atoms with van der Waals surface area (Å²) in [7, 11) is 0. The molecule has 3 fully saturated rings. The van der Waals surface area contributed by atoms with Crippen LogP contribution < -0.4 is 5.73 Å². The molecule has 0 amide bonds. The van der Waals surface area contributed by atoms with Crippen molar-refractivity contribution in [3.8, 4) is 0 Å². The van der Waals surface area contributed by atoms with E-state index in [1.807, 2.05) is 0 Å². The van der Waals surface area contributed by atoms with Gasteiger partial charge in [-0.15, -0.1) is 0 Å². The second-order valence-electron chi connectivity index (χ2n) is 5.96. The van der Waals surface area contributed by atoms with Crippen molar-refractivity contribution in [1.82, 2.24) is 4.90 Å². The van der Waals surface area contributed by atoms with E-state index >= 15 is 0 Å². The lowest BCUT2D eigenvalue weighted by Crippen LogP contribution is -2.44. The summed E-state index contributed by atoms with van der Waals surface area (Å²) in [5, 5.41) is 0. The third-order valence-electron chi connectivity index (χ3n) is 4.83. The average molecular weight is 224 g/mol. The molecule has 1 saturated carbocycles. The topological polar surface area (TPSA) is 38.5 Å². The highest BCUT2D eigenvalue weighted by Crippen LogP contribution is 2.38. The fourth-order valence-electron chi connectivity index (χ4n) is 3.81. The zero-order valence-corrected chi connectivity index (χ0v) is 10.1. The number of ether oxygens (including phenoxy) is 1. The average Bonchev–Trinajstić information content (AvgIpc) is 2.81. The van der Waals surface area contributed by atoms with Crippen molar-refractivity contribution in [1.29, 1.82) is 0 Å². The summed E-state index contributed by atoms with van der Waals surface area (Å²) in [6.45, 7) is 5.58. The molecule has 3 aliphatic rings. The number of nitrogens with two attached hydrogens (primary N) is 1. The maximum Gasteiger partial charge on any atom is 0.0521 e. The van der Waals surface area contributed by atoms with E-state index < -0.39 is 0 Å².